The third kappa shape index (κ3) is 4.63. The van der Waals surface area contributed by atoms with Crippen molar-refractivity contribution in [2.24, 2.45) is 0 Å². The molecule has 4 heterocycles. The molecule has 3 aliphatic rings. The van der Waals surface area contributed by atoms with E-state index >= 15 is 0 Å². The van der Waals surface area contributed by atoms with E-state index < -0.39 is 24.1 Å². The zero-order chi connectivity index (χ0) is 28.1. The van der Waals surface area contributed by atoms with E-state index in [4.69, 9.17) is 21.3 Å². The lowest BCUT2D eigenvalue weighted by Gasteiger charge is -2.40. The molecule has 2 amide bonds. The van der Waals surface area contributed by atoms with Crippen molar-refractivity contribution in [2.45, 2.75) is 31.0 Å². The summed E-state index contributed by atoms with van der Waals surface area (Å²) < 4.78 is 35.9. The number of likely N-dealkylation sites (N-methyl/N-ethyl adjacent to an activating group) is 1. The Morgan fingerprint density at radius 3 is 2.72 bits per heavy atom. The predicted molar refractivity (Wildman–Crippen MR) is 146 cm³/mol. The number of pyridine rings is 1. The van der Waals surface area contributed by atoms with E-state index in [1.807, 2.05) is 19.0 Å². The van der Waals surface area contributed by atoms with E-state index in [1.54, 1.807) is 39.8 Å². The molecule has 2 saturated heterocycles. The maximum atomic E-state index is 15.0. The monoisotopic (exact) mass is 559 g/mol. The Hall–Kier alpha value is -3.24. The second-order valence-corrected chi connectivity index (χ2v) is 11.2. The molecule has 5 rings (SSSR count). The van der Waals surface area contributed by atoms with Crippen molar-refractivity contribution >= 4 is 29.2 Å². The van der Waals surface area contributed by atoms with Crippen LogP contribution in [0.15, 0.2) is 36.9 Å². The first-order chi connectivity index (χ1) is 18.6. The number of benzene rings is 1. The molecule has 0 aliphatic carbocycles. The smallest absolute Gasteiger partial charge is 0.261 e. The maximum absolute atomic E-state index is 15.0. The van der Waals surface area contributed by atoms with Gasteiger partial charge in [-0.2, -0.15) is 0 Å². The minimum Gasteiger partial charge on any atom is -0.489 e. The van der Waals surface area contributed by atoms with Crippen LogP contribution in [0.5, 0.6) is 5.75 Å². The summed E-state index contributed by atoms with van der Waals surface area (Å²) in [5, 5.41) is 0.0105. The Bertz CT molecular complexity index is 1320. The Labute approximate surface area is 231 Å². The molecule has 2 fully saturated rings. The number of fused-ring (bicyclic) bond motifs is 2. The number of rotatable bonds is 5. The number of anilines is 1. The first-order valence-corrected chi connectivity index (χ1v) is 13.3. The summed E-state index contributed by atoms with van der Waals surface area (Å²) in [5.41, 5.74) is -0.561. The number of alkyl halides is 1. The van der Waals surface area contributed by atoms with Crippen LogP contribution >= 0.6 is 11.6 Å². The van der Waals surface area contributed by atoms with Gasteiger partial charge in [0.05, 0.1) is 17.3 Å². The van der Waals surface area contributed by atoms with Crippen molar-refractivity contribution in [1.29, 1.82) is 0 Å². The topological polar surface area (TPSA) is 69.2 Å². The molecule has 2 aromatic rings. The third-order valence-corrected chi connectivity index (χ3v) is 8.41. The molecular weight excluding hydrogens is 528 g/mol. The summed E-state index contributed by atoms with van der Waals surface area (Å²) in [6.07, 6.45) is 1.75. The number of ether oxygens (including phenoxy) is 1. The molecule has 0 N–H and O–H groups in total. The van der Waals surface area contributed by atoms with Gasteiger partial charge in [-0.3, -0.25) is 9.59 Å². The Morgan fingerprint density at radius 1 is 1.31 bits per heavy atom. The SMILES string of the molecule is C=CC(=O)N1CCN2C(=O)c3c(N4C[C@@H](N(C)C)CC4(C)CF)nc(-c4ccccc4F)c(Cl)c3OC[C@H]2C1. The summed E-state index contributed by atoms with van der Waals surface area (Å²) in [7, 11) is 3.85. The Balaban J connectivity index is 1.69. The molecule has 0 bridgehead atoms. The zero-order valence-corrected chi connectivity index (χ0v) is 23.0. The van der Waals surface area contributed by atoms with Crippen molar-refractivity contribution < 1.29 is 23.1 Å². The molecule has 1 aromatic carbocycles. The van der Waals surface area contributed by atoms with Gasteiger partial charge in [0.15, 0.2) is 5.75 Å². The van der Waals surface area contributed by atoms with Crippen LogP contribution in [0.1, 0.15) is 23.7 Å². The van der Waals surface area contributed by atoms with Crippen molar-refractivity contribution in [3.05, 3.63) is 53.3 Å². The molecule has 8 nitrogen and oxygen atoms in total. The van der Waals surface area contributed by atoms with E-state index in [-0.39, 0.29) is 71.0 Å². The normalized spacial score (nSPS) is 24.8. The molecule has 0 saturated carbocycles. The van der Waals surface area contributed by atoms with E-state index in [1.165, 1.54) is 12.1 Å². The molecule has 11 heteroatoms. The number of hydrogen-bond acceptors (Lipinski definition) is 6. The second kappa shape index (κ2) is 10.4. The van der Waals surface area contributed by atoms with Crippen LogP contribution in [0, 0.1) is 5.82 Å². The molecule has 0 radical (unpaired) electrons. The van der Waals surface area contributed by atoms with Gasteiger partial charge < -0.3 is 24.3 Å². The van der Waals surface area contributed by atoms with Gasteiger partial charge in [-0.15, -0.1) is 0 Å². The van der Waals surface area contributed by atoms with Gasteiger partial charge in [0.2, 0.25) is 5.91 Å². The number of halogens is 3. The molecule has 208 valence electrons. The number of aromatic nitrogens is 1. The highest BCUT2D eigenvalue weighted by Gasteiger charge is 2.48. The van der Waals surface area contributed by atoms with Gasteiger partial charge in [0.25, 0.3) is 5.91 Å². The van der Waals surface area contributed by atoms with Gasteiger partial charge in [0, 0.05) is 37.8 Å². The Kier molecular flexibility index (Phi) is 7.28. The lowest BCUT2D eigenvalue weighted by Crippen LogP contribution is -2.57. The van der Waals surface area contributed by atoms with Crippen molar-refractivity contribution in [3.8, 4) is 17.0 Å². The fraction of sp³-hybridized carbons (Fsp3) is 0.464. The van der Waals surface area contributed by atoms with Crippen molar-refractivity contribution in [1.82, 2.24) is 19.7 Å². The minimum atomic E-state index is -0.961. The largest absolute Gasteiger partial charge is 0.489 e. The first-order valence-electron chi connectivity index (χ1n) is 12.9. The molecule has 3 atom stereocenters. The summed E-state index contributed by atoms with van der Waals surface area (Å²) in [6, 6.07) is 5.65. The lowest BCUT2D eigenvalue weighted by atomic mass is 9.98. The minimum absolute atomic E-state index is 0.00111. The van der Waals surface area contributed by atoms with E-state index in [0.29, 0.717) is 19.5 Å². The molecular formula is C28H32ClF2N5O3. The average molecular weight is 560 g/mol. The predicted octanol–water partition coefficient (Wildman–Crippen LogP) is 3.64. The highest BCUT2D eigenvalue weighted by atomic mass is 35.5. The summed E-state index contributed by atoms with van der Waals surface area (Å²) in [4.78, 5) is 38.4. The van der Waals surface area contributed by atoms with Gasteiger partial charge in [0.1, 0.15) is 35.5 Å². The summed E-state index contributed by atoms with van der Waals surface area (Å²) in [6.45, 7) is 6.03. The summed E-state index contributed by atoms with van der Waals surface area (Å²) >= 11 is 6.83. The van der Waals surface area contributed by atoms with Crippen LogP contribution in [-0.4, -0.2) is 103 Å². The van der Waals surface area contributed by atoms with Gasteiger partial charge in [-0.05, 0) is 45.6 Å². The average Bonchev–Trinajstić information content (AvgIpc) is 3.22. The standard InChI is InChI=1S/C28H32ClF2N5O3/c1-5-21(37)34-10-11-35-18(13-34)15-39-25-22(27(35)38)26(36-14-17(33(3)4)12-28(36,2)16-30)32-24(23(25)29)19-8-6-7-9-20(19)31/h5-9,17-18H,1,10-16H2,2-4H3/t17-,18+,28?/m0/s1. The second-order valence-electron chi connectivity index (χ2n) is 10.8. The zero-order valence-electron chi connectivity index (χ0n) is 22.3. The van der Waals surface area contributed by atoms with Crippen LogP contribution in [-0.2, 0) is 4.79 Å². The first kappa shape index (κ1) is 27.3. The van der Waals surface area contributed by atoms with Crippen LogP contribution in [0.25, 0.3) is 11.3 Å². The van der Waals surface area contributed by atoms with E-state index in [0.717, 1.165) is 0 Å². The van der Waals surface area contributed by atoms with Gasteiger partial charge in [-0.1, -0.05) is 30.3 Å². The third-order valence-electron chi connectivity index (χ3n) is 8.06. The lowest BCUT2D eigenvalue weighted by molar-refractivity contribution is -0.128. The fourth-order valence-electron chi connectivity index (χ4n) is 5.73. The van der Waals surface area contributed by atoms with Gasteiger partial charge in [-0.25, -0.2) is 13.8 Å². The molecule has 1 aromatic heterocycles. The van der Waals surface area contributed by atoms with Crippen LogP contribution < -0.4 is 9.64 Å². The number of hydrogen-bond donors (Lipinski definition) is 0. The molecule has 0 spiro atoms. The fourth-order valence-corrected chi connectivity index (χ4v) is 6.02. The van der Waals surface area contributed by atoms with E-state index in [9.17, 15) is 18.4 Å². The highest BCUT2D eigenvalue weighted by Crippen LogP contribution is 2.47. The summed E-state index contributed by atoms with van der Waals surface area (Å²) in [5.74, 6) is -0.814. The molecule has 3 aliphatic heterocycles. The number of carbonyl (C=O) groups is 2. The number of amides is 2. The highest BCUT2D eigenvalue weighted by molar-refractivity contribution is 6.35. The van der Waals surface area contributed by atoms with Crippen LogP contribution in [0.3, 0.4) is 0 Å². The number of piperazine rings is 1. The van der Waals surface area contributed by atoms with Crippen LogP contribution in [0.4, 0.5) is 14.6 Å². The van der Waals surface area contributed by atoms with Crippen molar-refractivity contribution in [3.63, 3.8) is 0 Å². The quantitative estimate of drug-likeness (QED) is 0.521. The Morgan fingerprint density at radius 2 is 2.05 bits per heavy atom. The molecule has 39 heavy (non-hydrogen) atoms. The number of nitrogens with zero attached hydrogens (tertiary/aromatic N) is 5. The number of carbonyl (C=O) groups excluding carboxylic acids is 2. The molecule has 1 unspecified atom stereocenters. The van der Waals surface area contributed by atoms with E-state index in [2.05, 4.69) is 6.58 Å². The maximum Gasteiger partial charge on any atom is 0.261 e. The van der Waals surface area contributed by atoms with Crippen molar-refractivity contribution in [2.75, 3.05) is 58.5 Å². The van der Waals surface area contributed by atoms with Crippen LogP contribution in [0.2, 0.25) is 5.02 Å². The van der Waals surface area contributed by atoms with Gasteiger partial charge >= 0.3 is 0 Å².